The lowest BCUT2D eigenvalue weighted by atomic mass is 10.1. The van der Waals surface area contributed by atoms with Gasteiger partial charge in [0.2, 0.25) is 0 Å². The molecule has 0 aromatic heterocycles. The van der Waals surface area contributed by atoms with Gasteiger partial charge in [-0.05, 0) is 40.9 Å². The van der Waals surface area contributed by atoms with Crippen LogP contribution in [0.15, 0.2) is 48.5 Å². The molecule has 0 saturated heterocycles. The van der Waals surface area contributed by atoms with E-state index in [4.69, 9.17) is 11.6 Å². The molecule has 0 saturated carbocycles. The van der Waals surface area contributed by atoms with Crippen LogP contribution in [0.3, 0.4) is 0 Å². The molecule has 0 aliphatic rings. The highest BCUT2D eigenvalue weighted by molar-refractivity contribution is 6.68. The first-order chi connectivity index (χ1) is 9.58. The summed E-state index contributed by atoms with van der Waals surface area (Å²) in [4.78, 5) is 21.4. The molecule has 2 aromatic rings. The number of carbonyl (C=O) groups excluding carboxylic acids is 1. The third-order valence-electron chi connectivity index (χ3n) is 2.73. The summed E-state index contributed by atoms with van der Waals surface area (Å²) in [5.74, 6) is 0. The SMILES string of the molecule is O=C(Cl)c1ccccc1/C=C/c1ccc([N+](=O)[O-])cc1. The Morgan fingerprint density at radius 2 is 1.70 bits per heavy atom. The Balaban J connectivity index is 2.25. The molecule has 0 fully saturated rings. The summed E-state index contributed by atoms with van der Waals surface area (Å²) >= 11 is 5.50. The minimum absolute atomic E-state index is 0.0403. The van der Waals surface area contributed by atoms with Gasteiger partial charge in [-0.1, -0.05) is 30.4 Å². The van der Waals surface area contributed by atoms with Crippen LogP contribution in [0.4, 0.5) is 5.69 Å². The number of carbonyl (C=O) groups is 1. The molecule has 0 heterocycles. The predicted molar refractivity (Wildman–Crippen MR) is 78.6 cm³/mol. The Morgan fingerprint density at radius 1 is 1.05 bits per heavy atom. The monoisotopic (exact) mass is 287 g/mol. The van der Waals surface area contributed by atoms with Crippen LogP contribution in [0.25, 0.3) is 12.2 Å². The summed E-state index contributed by atoms with van der Waals surface area (Å²) in [7, 11) is 0. The van der Waals surface area contributed by atoms with Gasteiger partial charge < -0.3 is 0 Å². The highest BCUT2D eigenvalue weighted by atomic mass is 35.5. The number of halogens is 1. The maximum Gasteiger partial charge on any atom is 0.269 e. The number of hydrogen-bond donors (Lipinski definition) is 0. The number of non-ortho nitro benzene ring substituents is 1. The van der Waals surface area contributed by atoms with E-state index in [2.05, 4.69) is 0 Å². The molecule has 0 bridgehead atoms. The Kier molecular flexibility index (Phi) is 4.27. The van der Waals surface area contributed by atoms with E-state index in [-0.39, 0.29) is 5.69 Å². The number of nitro benzene ring substituents is 1. The van der Waals surface area contributed by atoms with Crippen LogP contribution in [0.2, 0.25) is 0 Å². The third-order valence-corrected chi connectivity index (χ3v) is 2.94. The smallest absolute Gasteiger partial charge is 0.269 e. The van der Waals surface area contributed by atoms with Crippen molar-refractivity contribution in [3.8, 4) is 0 Å². The first-order valence-electron chi connectivity index (χ1n) is 5.79. The molecule has 0 aliphatic carbocycles. The molecule has 20 heavy (non-hydrogen) atoms. The van der Waals surface area contributed by atoms with Gasteiger partial charge in [-0.25, -0.2) is 0 Å². The summed E-state index contributed by atoms with van der Waals surface area (Å²) in [6.07, 6.45) is 3.51. The molecular formula is C15H10ClNO3. The fraction of sp³-hybridized carbons (Fsp3) is 0. The highest BCUT2D eigenvalue weighted by Gasteiger charge is 2.05. The maximum absolute atomic E-state index is 11.3. The fourth-order valence-corrected chi connectivity index (χ4v) is 1.89. The van der Waals surface area contributed by atoms with E-state index in [1.165, 1.54) is 12.1 Å². The second kappa shape index (κ2) is 6.12. The van der Waals surface area contributed by atoms with Crippen molar-refractivity contribution in [1.29, 1.82) is 0 Å². The van der Waals surface area contributed by atoms with Crippen molar-refractivity contribution >= 4 is 34.7 Å². The van der Waals surface area contributed by atoms with Crippen molar-refractivity contribution in [3.63, 3.8) is 0 Å². The van der Waals surface area contributed by atoms with Crippen LogP contribution in [0, 0.1) is 10.1 Å². The predicted octanol–water partition coefficient (Wildman–Crippen LogP) is 4.14. The number of nitrogens with zero attached hydrogens (tertiary/aromatic N) is 1. The molecule has 0 aliphatic heterocycles. The molecule has 5 heteroatoms. The van der Waals surface area contributed by atoms with Crippen molar-refractivity contribution in [3.05, 3.63) is 75.3 Å². The zero-order chi connectivity index (χ0) is 14.5. The average molecular weight is 288 g/mol. The Labute approximate surface area is 120 Å². The van der Waals surface area contributed by atoms with E-state index < -0.39 is 10.2 Å². The van der Waals surface area contributed by atoms with E-state index in [1.807, 2.05) is 0 Å². The molecule has 0 N–H and O–H groups in total. The topological polar surface area (TPSA) is 60.2 Å². The molecular weight excluding hydrogens is 278 g/mol. The van der Waals surface area contributed by atoms with Gasteiger partial charge in [0.15, 0.2) is 0 Å². The van der Waals surface area contributed by atoms with Crippen LogP contribution >= 0.6 is 11.6 Å². The van der Waals surface area contributed by atoms with E-state index in [0.717, 1.165) is 5.56 Å². The lowest BCUT2D eigenvalue weighted by Crippen LogP contribution is -1.92. The van der Waals surface area contributed by atoms with Crippen LogP contribution < -0.4 is 0 Å². The Hall–Kier alpha value is -2.46. The van der Waals surface area contributed by atoms with E-state index in [0.29, 0.717) is 11.1 Å². The Morgan fingerprint density at radius 3 is 2.30 bits per heavy atom. The maximum atomic E-state index is 11.3. The van der Waals surface area contributed by atoms with Gasteiger partial charge in [0.05, 0.1) is 4.92 Å². The number of nitro groups is 1. The summed E-state index contributed by atoms with van der Waals surface area (Å²) in [5, 5.41) is 10.0. The van der Waals surface area contributed by atoms with Crippen LogP contribution in [-0.2, 0) is 0 Å². The summed E-state index contributed by atoms with van der Waals surface area (Å²) < 4.78 is 0. The van der Waals surface area contributed by atoms with E-state index in [1.54, 1.807) is 48.6 Å². The normalized spacial score (nSPS) is 10.7. The van der Waals surface area contributed by atoms with Crippen molar-refractivity contribution in [1.82, 2.24) is 0 Å². The second-order valence-corrected chi connectivity index (χ2v) is 4.39. The van der Waals surface area contributed by atoms with Gasteiger partial charge >= 0.3 is 0 Å². The average Bonchev–Trinajstić information content (AvgIpc) is 2.45. The van der Waals surface area contributed by atoms with Crippen molar-refractivity contribution in [2.75, 3.05) is 0 Å². The quantitative estimate of drug-likeness (QED) is 0.367. The third kappa shape index (κ3) is 3.30. The van der Waals surface area contributed by atoms with Crippen LogP contribution in [-0.4, -0.2) is 10.2 Å². The minimum atomic E-state index is -0.519. The molecule has 4 nitrogen and oxygen atoms in total. The van der Waals surface area contributed by atoms with Gasteiger partial charge in [0, 0.05) is 17.7 Å². The lowest BCUT2D eigenvalue weighted by Gasteiger charge is -2.00. The molecule has 0 amide bonds. The van der Waals surface area contributed by atoms with Gasteiger partial charge in [-0.15, -0.1) is 0 Å². The van der Waals surface area contributed by atoms with Gasteiger partial charge in [0.1, 0.15) is 0 Å². The largest absolute Gasteiger partial charge is 0.276 e. The second-order valence-electron chi connectivity index (χ2n) is 4.04. The van der Waals surface area contributed by atoms with Gasteiger partial charge in [-0.3, -0.25) is 14.9 Å². The summed E-state index contributed by atoms with van der Waals surface area (Å²) in [6.45, 7) is 0. The Bertz CT molecular complexity index is 678. The lowest BCUT2D eigenvalue weighted by molar-refractivity contribution is -0.384. The zero-order valence-corrected chi connectivity index (χ0v) is 11.1. The molecule has 0 unspecified atom stereocenters. The number of rotatable bonds is 4. The summed E-state index contributed by atoms with van der Waals surface area (Å²) in [6, 6.07) is 13.1. The van der Waals surface area contributed by atoms with Crippen molar-refractivity contribution in [2.24, 2.45) is 0 Å². The first kappa shape index (κ1) is 14.0. The number of benzene rings is 2. The van der Waals surface area contributed by atoms with Crippen LogP contribution in [0.5, 0.6) is 0 Å². The molecule has 0 radical (unpaired) electrons. The van der Waals surface area contributed by atoms with Gasteiger partial charge in [0.25, 0.3) is 10.9 Å². The molecule has 0 spiro atoms. The zero-order valence-electron chi connectivity index (χ0n) is 10.3. The number of hydrogen-bond acceptors (Lipinski definition) is 3. The minimum Gasteiger partial charge on any atom is -0.276 e. The molecule has 2 aromatic carbocycles. The molecule has 2 rings (SSSR count). The summed E-state index contributed by atoms with van der Waals surface area (Å²) in [5.41, 5.74) is 1.96. The van der Waals surface area contributed by atoms with Crippen molar-refractivity contribution in [2.45, 2.75) is 0 Å². The van der Waals surface area contributed by atoms with Crippen LogP contribution in [0.1, 0.15) is 21.5 Å². The van der Waals surface area contributed by atoms with E-state index >= 15 is 0 Å². The fourth-order valence-electron chi connectivity index (χ4n) is 1.71. The first-order valence-corrected chi connectivity index (χ1v) is 6.17. The molecule has 100 valence electrons. The van der Waals surface area contributed by atoms with E-state index in [9.17, 15) is 14.9 Å². The van der Waals surface area contributed by atoms with Crippen molar-refractivity contribution < 1.29 is 9.72 Å². The molecule has 0 atom stereocenters. The standard InChI is InChI=1S/C15H10ClNO3/c16-15(18)14-4-2-1-3-12(14)8-5-11-6-9-13(10-7-11)17(19)20/h1-10H/b8-5+. The highest BCUT2D eigenvalue weighted by Crippen LogP contribution is 2.17. The van der Waals surface area contributed by atoms with Gasteiger partial charge in [-0.2, -0.15) is 0 Å².